The predicted molar refractivity (Wildman–Crippen MR) is 207 cm³/mol. The number of amidine groups is 1. The molecule has 6 nitrogen and oxygen atoms in total. The smallest absolute Gasteiger partial charge is 0.184 e. The van der Waals surface area contributed by atoms with Gasteiger partial charge in [-0.2, -0.15) is 0 Å². The Morgan fingerprint density at radius 2 is 1.08 bits per heavy atom. The van der Waals surface area contributed by atoms with Crippen LogP contribution >= 0.6 is 0 Å². The first-order valence-electron chi connectivity index (χ1n) is 17.3. The standard InChI is InChI=1S/C45H30N4O2/c1-3-12-27(13-4-1)30-18-11-19-34-36-25-24-35-33-23-22-29(26-39(33)50-41(35)42(36)51-40(30)34)44-46-43(28-14-5-2-6-15-28)47-45(48-44)49-37-20-9-7-16-31(37)32-17-8-10-21-38(32)49/h1-26,44-45,48H,(H,46,47). The molecule has 1 aliphatic heterocycles. The molecule has 2 atom stereocenters. The first kappa shape index (κ1) is 28.2. The summed E-state index contributed by atoms with van der Waals surface area (Å²) in [6.07, 6.45) is -0.614. The van der Waals surface area contributed by atoms with Gasteiger partial charge in [0.25, 0.3) is 0 Å². The summed E-state index contributed by atoms with van der Waals surface area (Å²) in [6, 6.07) is 54.9. The van der Waals surface area contributed by atoms with Gasteiger partial charge in [0.1, 0.15) is 23.2 Å². The summed E-state index contributed by atoms with van der Waals surface area (Å²) in [5.74, 6) is 0.828. The number of benzene rings is 7. The van der Waals surface area contributed by atoms with E-state index in [1.54, 1.807) is 0 Å². The molecule has 3 aromatic heterocycles. The van der Waals surface area contributed by atoms with Crippen molar-refractivity contribution in [1.82, 2.24) is 15.2 Å². The lowest BCUT2D eigenvalue weighted by atomic mass is 10.0. The quantitative estimate of drug-likeness (QED) is 0.197. The summed E-state index contributed by atoms with van der Waals surface area (Å²) in [4.78, 5) is 5.27. The van der Waals surface area contributed by atoms with Crippen LogP contribution in [0.5, 0.6) is 0 Å². The van der Waals surface area contributed by atoms with Gasteiger partial charge in [-0.25, -0.2) is 4.99 Å². The monoisotopic (exact) mass is 658 g/mol. The Morgan fingerprint density at radius 1 is 0.490 bits per heavy atom. The van der Waals surface area contributed by atoms with Crippen LogP contribution in [0.4, 0.5) is 0 Å². The minimum atomic E-state index is -0.364. The van der Waals surface area contributed by atoms with Gasteiger partial charge in [-0.3, -0.25) is 5.32 Å². The van der Waals surface area contributed by atoms with Crippen LogP contribution in [0.1, 0.15) is 23.6 Å². The Balaban J connectivity index is 1.05. The molecule has 0 saturated heterocycles. The third-order valence-electron chi connectivity index (χ3n) is 10.3. The van der Waals surface area contributed by atoms with Crippen molar-refractivity contribution in [2.24, 2.45) is 4.99 Å². The summed E-state index contributed by atoms with van der Waals surface area (Å²) in [5, 5.41) is 14.1. The molecule has 11 rings (SSSR count). The van der Waals surface area contributed by atoms with Crippen LogP contribution < -0.4 is 10.6 Å². The molecule has 0 fully saturated rings. The molecule has 0 amide bonds. The fourth-order valence-corrected chi connectivity index (χ4v) is 7.94. The molecule has 2 unspecified atom stereocenters. The van der Waals surface area contributed by atoms with Crippen LogP contribution in [0.2, 0.25) is 0 Å². The molecule has 10 aromatic rings. The topological polar surface area (TPSA) is 67.6 Å². The van der Waals surface area contributed by atoms with Gasteiger partial charge in [-0.1, -0.05) is 127 Å². The van der Waals surface area contributed by atoms with Crippen molar-refractivity contribution < 1.29 is 8.83 Å². The van der Waals surface area contributed by atoms with Gasteiger partial charge in [0.05, 0.1) is 11.0 Å². The minimum Gasteiger partial charge on any atom is -0.452 e. The Hall–Kier alpha value is -6.63. The molecule has 7 aromatic carbocycles. The highest BCUT2D eigenvalue weighted by Gasteiger charge is 2.28. The highest BCUT2D eigenvalue weighted by atomic mass is 16.4. The normalized spacial score (nSPS) is 16.4. The van der Waals surface area contributed by atoms with E-state index in [2.05, 4.69) is 149 Å². The third kappa shape index (κ3) is 4.30. The van der Waals surface area contributed by atoms with Crippen molar-refractivity contribution in [3.05, 3.63) is 169 Å². The third-order valence-corrected chi connectivity index (χ3v) is 10.3. The van der Waals surface area contributed by atoms with Crippen molar-refractivity contribution in [3.8, 4) is 11.1 Å². The van der Waals surface area contributed by atoms with Crippen LogP contribution in [0.25, 0.3) is 76.8 Å². The van der Waals surface area contributed by atoms with Gasteiger partial charge in [0.15, 0.2) is 17.5 Å². The zero-order valence-electron chi connectivity index (χ0n) is 27.4. The van der Waals surface area contributed by atoms with Crippen LogP contribution in [0.15, 0.2) is 172 Å². The summed E-state index contributed by atoms with van der Waals surface area (Å²) >= 11 is 0. The molecule has 0 bridgehead atoms. The number of nitrogens with zero attached hydrogens (tertiary/aromatic N) is 2. The fourth-order valence-electron chi connectivity index (χ4n) is 7.94. The molecule has 0 radical (unpaired) electrons. The summed E-state index contributed by atoms with van der Waals surface area (Å²) in [6.45, 7) is 0. The van der Waals surface area contributed by atoms with E-state index in [4.69, 9.17) is 13.8 Å². The van der Waals surface area contributed by atoms with E-state index >= 15 is 0 Å². The van der Waals surface area contributed by atoms with E-state index in [9.17, 15) is 0 Å². The molecule has 0 saturated carbocycles. The number of furan rings is 2. The van der Waals surface area contributed by atoms with Gasteiger partial charge < -0.3 is 18.7 Å². The van der Waals surface area contributed by atoms with Crippen LogP contribution in [0.3, 0.4) is 0 Å². The maximum absolute atomic E-state index is 6.71. The number of fused-ring (bicyclic) bond motifs is 10. The summed E-state index contributed by atoms with van der Waals surface area (Å²) in [5.41, 5.74) is 9.72. The lowest BCUT2D eigenvalue weighted by Gasteiger charge is -2.33. The molecule has 2 N–H and O–H groups in total. The van der Waals surface area contributed by atoms with Crippen LogP contribution in [-0.4, -0.2) is 10.4 Å². The molecule has 6 heteroatoms. The molecular weight excluding hydrogens is 629 g/mol. The van der Waals surface area contributed by atoms with Gasteiger partial charge >= 0.3 is 0 Å². The van der Waals surface area contributed by atoms with Gasteiger partial charge in [-0.15, -0.1) is 0 Å². The maximum atomic E-state index is 6.71. The second-order valence-electron chi connectivity index (χ2n) is 13.2. The number of aromatic nitrogens is 1. The first-order valence-corrected chi connectivity index (χ1v) is 17.3. The molecule has 4 heterocycles. The second-order valence-corrected chi connectivity index (χ2v) is 13.2. The van der Waals surface area contributed by atoms with Gasteiger partial charge in [0.2, 0.25) is 0 Å². The molecule has 1 aliphatic rings. The second kappa shape index (κ2) is 10.9. The molecule has 0 aliphatic carbocycles. The van der Waals surface area contributed by atoms with Crippen LogP contribution in [-0.2, 0) is 0 Å². The number of aliphatic imine (C=N–C) groups is 1. The Morgan fingerprint density at radius 3 is 1.82 bits per heavy atom. The lowest BCUT2D eigenvalue weighted by Crippen LogP contribution is -2.46. The maximum Gasteiger partial charge on any atom is 0.184 e. The van der Waals surface area contributed by atoms with E-state index < -0.39 is 0 Å². The Labute approximate surface area is 292 Å². The highest BCUT2D eigenvalue weighted by molar-refractivity contribution is 6.20. The minimum absolute atomic E-state index is 0.250. The largest absolute Gasteiger partial charge is 0.452 e. The van der Waals surface area contributed by atoms with Crippen molar-refractivity contribution in [2.75, 3.05) is 0 Å². The van der Waals surface area contributed by atoms with Crippen molar-refractivity contribution in [2.45, 2.75) is 12.5 Å². The van der Waals surface area contributed by atoms with E-state index in [0.717, 1.165) is 83.0 Å². The van der Waals surface area contributed by atoms with Crippen molar-refractivity contribution >= 4 is 71.5 Å². The molecule has 242 valence electrons. The summed E-state index contributed by atoms with van der Waals surface area (Å²) in [7, 11) is 0. The Kier molecular flexibility index (Phi) is 6.05. The summed E-state index contributed by atoms with van der Waals surface area (Å²) < 4.78 is 15.7. The molecule has 51 heavy (non-hydrogen) atoms. The predicted octanol–water partition coefficient (Wildman–Crippen LogP) is 11.1. The van der Waals surface area contributed by atoms with E-state index in [-0.39, 0.29) is 12.5 Å². The zero-order chi connectivity index (χ0) is 33.5. The Bertz CT molecular complexity index is 2940. The number of hydrogen-bond acceptors (Lipinski definition) is 5. The average molecular weight is 659 g/mol. The van der Waals surface area contributed by atoms with E-state index in [1.165, 1.54) is 10.8 Å². The number of nitrogens with one attached hydrogen (secondary N) is 2. The van der Waals surface area contributed by atoms with Gasteiger partial charge in [-0.05, 0) is 41.5 Å². The van der Waals surface area contributed by atoms with Crippen LogP contribution in [0, 0.1) is 0 Å². The van der Waals surface area contributed by atoms with Crippen molar-refractivity contribution in [1.29, 1.82) is 0 Å². The average Bonchev–Trinajstić information content (AvgIpc) is 3.88. The first-order chi connectivity index (χ1) is 25.3. The van der Waals surface area contributed by atoms with E-state index in [1.807, 2.05) is 24.3 Å². The molecule has 0 spiro atoms. The highest BCUT2D eigenvalue weighted by Crippen LogP contribution is 2.42. The van der Waals surface area contributed by atoms with E-state index in [0.29, 0.717) is 0 Å². The lowest BCUT2D eigenvalue weighted by molar-refractivity contribution is 0.341. The molecular formula is C45H30N4O2. The zero-order valence-corrected chi connectivity index (χ0v) is 27.4. The number of hydrogen-bond donors (Lipinski definition) is 2. The number of rotatable bonds is 4. The SMILES string of the molecule is c1ccc(C2=NC(n3c4ccccc4c4ccccc43)NC(c3ccc4c(c3)oc3c4ccc4c5cccc(-c6ccccc6)c5oc43)N2)cc1. The fraction of sp³-hybridized carbons (Fsp3) is 0.0444. The van der Waals surface area contributed by atoms with Crippen molar-refractivity contribution in [3.63, 3.8) is 0 Å². The van der Waals surface area contributed by atoms with Gasteiger partial charge in [0, 0.05) is 43.4 Å². The number of para-hydroxylation sites is 3.